The van der Waals surface area contributed by atoms with Crippen LogP contribution in [0.2, 0.25) is 0 Å². The fraction of sp³-hybridized carbons (Fsp3) is 0.667. The van der Waals surface area contributed by atoms with Crippen molar-refractivity contribution in [2.24, 2.45) is 0 Å². The highest BCUT2D eigenvalue weighted by Gasteiger charge is 1.95. The van der Waals surface area contributed by atoms with Gasteiger partial charge in [0, 0.05) is 0 Å². The second kappa shape index (κ2) is 3.70. The molecule has 0 aliphatic heterocycles. The van der Waals surface area contributed by atoms with Gasteiger partial charge in [0.1, 0.15) is 0 Å². The summed E-state index contributed by atoms with van der Waals surface area (Å²) in [5, 5.41) is 0. The summed E-state index contributed by atoms with van der Waals surface area (Å²) in [6, 6.07) is 0.463. The maximum Gasteiger partial charge on any atom is 0.0951 e. The van der Waals surface area contributed by atoms with Crippen LogP contribution < -0.4 is 5.73 Å². The molecule has 1 atom stereocenters. The lowest BCUT2D eigenvalue weighted by molar-refractivity contribution is -0.418. The van der Waals surface area contributed by atoms with Gasteiger partial charge in [-0.3, -0.25) is 0 Å². The molecule has 0 aromatic heterocycles. The average Bonchev–Trinajstić information content (AvgIpc) is 1.68. The summed E-state index contributed by atoms with van der Waals surface area (Å²) in [6.07, 6.45) is 6.92. The van der Waals surface area contributed by atoms with Gasteiger partial charge in [-0.05, 0) is 6.42 Å². The molecule has 0 bridgehead atoms. The Morgan fingerprint density at radius 2 is 2.43 bits per heavy atom. The molecule has 0 aromatic carbocycles. The first-order chi connectivity index (χ1) is 3.31. The molecule has 7 heavy (non-hydrogen) atoms. The van der Waals surface area contributed by atoms with Gasteiger partial charge in [0.15, 0.2) is 0 Å². The normalized spacial score (nSPS) is 12.7. The van der Waals surface area contributed by atoms with Crippen molar-refractivity contribution in [3.8, 4) is 12.3 Å². The Morgan fingerprint density at radius 3 is 2.57 bits per heavy atom. The fourth-order valence-electron chi connectivity index (χ4n) is 0.311. The molecule has 0 radical (unpaired) electrons. The summed E-state index contributed by atoms with van der Waals surface area (Å²) >= 11 is 0. The molecule has 0 fully saturated rings. The molecule has 1 heteroatoms. The zero-order valence-corrected chi connectivity index (χ0v) is 4.78. The number of hydrogen-bond donors (Lipinski definition) is 1. The Balaban J connectivity index is 3.03. The first-order valence-electron chi connectivity index (χ1n) is 2.57. The number of hydrogen-bond acceptors (Lipinski definition) is 0. The maximum absolute atomic E-state index is 5.01. The lowest BCUT2D eigenvalue weighted by Crippen LogP contribution is -2.60. The highest BCUT2D eigenvalue weighted by molar-refractivity contribution is 4.85. The Morgan fingerprint density at radius 1 is 1.86 bits per heavy atom. The monoisotopic (exact) mass is 98.1 g/mol. The highest BCUT2D eigenvalue weighted by atomic mass is 14.6. The van der Waals surface area contributed by atoms with Crippen LogP contribution in [-0.2, 0) is 0 Å². The van der Waals surface area contributed by atoms with Crippen molar-refractivity contribution in [2.45, 2.75) is 25.8 Å². The van der Waals surface area contributed by atoms with Gasteiger partial charge in [0.05, 0.1) is 12.5 Å². The van der Waals surface area contributed by atoms with Crippen LogP contribution >= 0.6 is 0 Å². The van der Waals surface area contributed by atoms with E-state index in [0.29, 0.717) is 6.04 Å². The van der Waals surface area contributed by atoms with Crippen molar-refractivity contribution < 1.29 is 5.73 Å². The van der Waals surface area contributed by atoms with E-state index in [1.807, 2.05) is 0 Å². The van der Waals surface area contributed by atoms with Crippen LogP contribution in [0.4, 0.5) is 0 Å². The van der Waals surface area contributed by atoms with Crippen molar-refractivity contribution in [3.05, 3.63) is 0 Å². The van der Waals surface area contributed by atoms with E-state index >= 15 is 0 Å². The number of quaternary nitrogens is 1. The van der Waals surface area contributed by atoms with Gasteiger partial charge in [-0.1, -0.05) is 6.92 Å². The van der Waals surface area contributed by atoms with E-state index in [-0.39, 0.29) is 0 Å². The topological polar surface area (TPSA) is 27.6 Å². The second-order valence-electron chi connectivity index (χ2n) is 1.68. The van der Waals surface area contributed by atoms with E-state index in [4.69, 9.17) is 6.42 Å². The van der Waals surface area contributed by atoms with Gasteiger partial charge in [-0.15, -0.1) is 12.3 Å². The van der Waals surface area contributed by atoms with Crippen LogP contribution in [0, 0.1) is 12.3 Å². The lowest BCUT2D eigenvalue weighted by atomic mass is 10.2. The van der Waals surface area contributed by atoms with Crippen molar-refractivity contribution in [2.75, 3.05) is 0 Å². The van der Waals surface area contributed by atoms with E-state index in [1.165, 1.54) is 0 Å². The van der Waals surface area contributed by atoms with Gasteiger partial charge < -0.3 is 5.73 Å². The lowest BCUT2D eigenvalue weighted by Gasteiger charge is -1.95. The molecule has 0 heterocycles. The van der Waals surface area contributed by atoms with Crippen LogP contribution in [0.3, 0.4) is 0 Å². The predicted octanol–water partition coefficient (Wildman–Crippen LogP) is 0.0302. The SMILES string of the molecule is C#CC[C@H]([NH3+])CC. The molecule has 0 amide bonds. The van der Waals surface area contributed by atoms with Crippen molar-refractivity contribution in [1.82, 2.24) is 0 Å². The molecule has 1 nitrogen and oxygen atoms in total. The number of terminal acetylenes is 1. The molecule has 0 rings (SSSR count). The molecule has 40 valence electrons. The number of rotatable bonds is 2. The first kappa shape index (κ1) is 6.52. The van der Waals surface area contributed by atoms with Gasteiger partial charge in [-0.25, -0.2) is 0 Å². The third kappa shape index (κ3) is 3.35. The molecule has 0 aliphatic rings. The van der Waals surface area contributed by atoms with E-state index < -0.39 is 0 Å². The molecule has 3 N–H and O–H groups in total. The minimum absolute atomic E-state index is 0.463. The van der Waals surface area contributed by atoms with E-state index in [9.17, 15) is 0 Å². The Kier molecular flexibility index (Phi) is 3.45. The molecule has 0 spiro atoms. The van der Waals surface area contributed by atoms with Crippen LogP contribution in [0.5, 0.6) is 0 Å². The van der Waals surface area contributed by atoms with Gasteiger partial charge in [0.2, 0.25) is 0 Å². The van der Waals surface area contributed by atoms with Crippen LogP contribution in [0.25, 0.3) is 0 Å². The minimum Gasteiger partial charge on any atom is -0.354 e. The third-order valence-corrected chi connectivity index (χ3v) is 0.984. The van der Waals surface area contributed by atoms with Gasteiger partial charge in [0.25, 0.3) is 0 Å². The van der Waals surface area contributed by atoms with Crippen molar-refractivity contribution in [1.29, 1.82) is 0 Å². The summed E-state index contributed by atoms with van der Waals surface area (Å²) in [7, 11) is 0. The van der Waals surface area contributed by atoms with Crippen LogP contribution in [-0.4, -0.2) is 6.04 Å². The quantitative estimate of drug-likeness (QED) is 0.472. The summed E-state index contributed by atoms with van der Waals surface area (Å²) in [5.74, 6) is 2.56. The summed E-state index contributed by atoms with van der Waals surface area (Å²) in [5.41, 5.74) is 3.80. The Bertz CT molecular complexity index is 70.7. The molecular formula is C6H12N+. The fourth-order valence-corrected chi connectivity index (χ4v) is 0.311. The Labute approximate surface area is 44.9 Å². The van der Waals surface area contributed by atoms with Crippen LogP contribution in [0.1, 0.15) is 19.8 Å². The summed E-state index contributed by atoms with van der Waals surface area (Å²) < 4.78 is 0. The molecule has 0 saturated heterocycles. The third-order valence-electron chi connectivity index (χ3n) is 0.984. The van der Waals surface area contributed by atoms with Crippen molar-refractivity contribution in [3.63, 3.8) is 0 Å². The molecule has 0 aliphatic carbocycles. The first-order valence-corrected chi connectivity index (χ1v) is 2.57. The van der Waals surface area contributed by atoms with E-state index in [0.717, 1.165) is 12.8 Å². The highest BCUT2D eigenvalue weighted by Crippen LogP contribution is 1.85. The zero-order valence-electron chi connectivity index (χ0n) is 4.78. The largest absolute Gasteiger partial charge is 0.354 e. The van der Waals surface area contributed by atoms with E-state index in [2.05, 4.69) is 18.6 Å². The second-order valence-corrected chi connectivity index (χ2v) is 1.68. The predicted molar refractivity (Wildman–Crippen MR) is 30.4 cm³/mol. The molecule has 0 aromatic rings. The Hall–Kier alpha value is -0.480. The minimum atomic E-state index is 0.463. The molecule has 0 unspecified atom stereocenters. The van der Waals surface area contributed by atoms with Crippen LogP contribution in [0.15, 0.2) is 0 Å². The van der Waals surface area contributed by atoms with Gasteiger partial charge >= 0.3 is 0 Å². The molecular weight excluding hydrogens is 86.1 g/mol. The smallest absolute Gasteiger partial charge is 0.0951 e. The van der Waals surface area contributed by atoms with Crippen molar-refractivity contribution >= 4 is 0 Å². The summed E-state index contributed by atoms with van der Waals surface area (Å²) in [4.78, 5) is 0. The molecule has 0 saturated carbocycles. The summed E-state index contributed by atoms with van der Waals surface area (Å²) in [6.45, 7) is 2.09. The zero-order chi connectivity index (χ0) is 5.70. The maximum atomic E-state index is 5.01. The average molecular weight is 98.2 g/mol. The van der Waals surface area contributed by atoms with Gasteiger partial charge in [-0.2, -0.15) is 0 Å². The standard InChI is InChI=1S/C6H11N/c1-3-5-6(7)4-2/h1,6H,4-5,7H2,2H3/p+1/t6-/m1/s1. The van der Waals surface area contributed by atoms with E-state index in [1.54, 1.807) is 0 Å².